The van der Waals surface area contributed by atoms with Crippen LogP contribution in [0.4, 0.5) is 26.3 Å². The van der Waals surface area contributed by atoms with Crippen LogP contribution in [0.2, 0.25) is 0 Å². The summed E-state index contributed by atoms with van der Waals surface area (Å²) in [7, 11) is 0. The minimum absolute atomic E-state index is 0.0249. The molecular weight excluding hydrogens is 412 g/mol. The summed E-state index contributed by atoms with van der Waals surface area (Å²) in [6.07, 6.45) is 1.05. The Hall–Kier alpha value is -3.07. The second kappa shape index (κ2) is 7.32. The number of benzene rings is 2. The molecule has 0 saturated carbocycles. The Morgan fingerprint density at radius 1 is 0.933 bits per heavy atom. The van der Waals surface area contributed by atoms with Crippen LogP contribution < -0.4 is 4.74 Å². The molecule has 0 bridgehead atoms. The highest BCUT2D eigenvalue weighted by atomic mass is 19.3. The van der Waals surface area contributed by atoms with Crippen LogP contribution in [0.15, 0.2) is 54.7 Å². The van der Waals surface area contributed by atoms with Crippen molar-refractivity contribution in [1.29, 1.82) is 0 Å². The second-order valence-electron chi connectivity index (χ2n) is 6.72. The van der Waals surface area contributed by atoms with E-state index in [9.17, 15) is 17.6 Å². The van der Waals surface area contributed by atoms with E-state index in [0.717, 1.165) is 30.5 Å². The van der Waals surface area contributed by atoms with Gasteiger partial charge in [0, 0.05) is 35.5 Å². The van der Waals surface area contributed by atoms with Crippen LogP contribution in [0.3, 0.4) is 0 Å². The first kappa shape index (κ1) is 20.2. The summed E-state index contributed by atoms with van der Waals surface area (Å²) in [5.74, 6) is -7.50. The van der Waals surface area contributed by atoms with E-state index >= 15 is 8.78 Å². The summed E-state index contributed by atoms with van der Waals surface area (Å²) in [5, 5.41) is 0. The maximum absolute atomic E-state index is 15.2. The Balaban J connectivity index is 1.59. The third-order valence-corrected chi connectivity index (χ3v) is 4.77. The third kappa shape index (κ3) is 3.49. The molecule has 30 heavy (non-hydrogen) atoms. The molecule has 4 rings (SSSR count). The van der Waals surface area contributed by atoms with Gasteiger partial charge in [0.25, 0.3) is 0 Å². The summed E-state index contributed by atoms with van der Waals surface area (Å²) in [5.41, 5.74) is -3.55. The lowest BCUT2D eigenvalue weighted by Crippen LogP contribution is -2.34. The van der Waals surface area contributed by atoms with Crippen LogP contribution in [0.1, 0.15) is 16.8 Å². The topological polar surface area (TPSA) is 34.6 Å². The molecule has 0 spiro atoms. The van der Waals surface area contributed by atoms with Crippen molar-refractivity contribution in [3.8, 4) is 5.75 Å². The van der Waals surface area contributed by atoms with Gasteiger partial charge in [-0.25, -0.2) is 17.6 Å². The predicted octanol–water partition coefficient (Wildman–Crippen LogP) is 5.23. The molecule has 1 aromatic heterocycles. The number of alkyl halides is 2. The fraction of sp³-hybridized carbons (Fsp3) is 0.190. The Labute approximate surface area is 166 Å². The first-order chi connectivity index (χ1) is 14.2. The van der Waals surface area contributed by atoms with Gasteiger partial charge in [-0.05, 0) is 30.3 Å². The van der Waals surface area contributed by atoms with Crippen molar-refractivity contribution in [2.24, 2.45) is 0 Å². The Morgan fingerprint density at radius 3 is 2.23 bits per heavy atom. The molecule has 2 heterocycles. The number of pyridine rings is 1. The van der Waals surface area contributed by atoms with E-state index in [1.807, 2.05) is 0 Å². The van der Waals surface area contributed by atoms with E-state index in [2.05, 4.69) is 4.98 Å². The van der Waals surface area contributed by atoms with E-state index in [0.29, 0.717) is 12.1 Å². The highest BCUT2D eigenvalue weighted by molar-refractivity contribution is 5.37. The van der Waals surface area contributed by atoms with Crippen LogP contribution in [0, 0.1) is 23.3 Å². The Kier molecular flexibility index (Phi) is 4.93. The van der Waals surface area contributed by atoms with Gasteiger partial charge in [0.2, 0.25) is 0 Å². The van der Waals surface area contributed by atoms with E-state index in [1.54, 1.807) is 0 Å². The molecule has 1 unspecified atom stereocenters. The molecule has 0 aliphatic carbocycles. The molecule has 9 heteroatoms. The number of halogens is 6. The molecule has 3 nitrogen and oxygen atoms in total. The Morgan fingerprint density at radius 2 is 1.60 bits per heavy atom. The SMILES string of the molecule is Fc1ccc(COc2ccnc(C(F)(F)C3(c4ccc(F)cc4F)CO3)c2)c(F)c1. The highest BCUT2D eigenvalue weighted by Crippen LogP contribution is 2.56. The number of epoxide rings is 1. The van der Waals surface area contributed by atoms with E-state index in [4.69, 9.17) is 9.47 Å². The summed E-state index contributed by atoms with van der Waals surface area (Å²) < 4.78 is 94.6. The third-order valence-electron chi connectivity index (χ3n) is 4.77. The van der Waals surface area contributed by atoms with Crippen molar-refractivity contribution in [2.75, 3.05) is 6.61 Å². The van der Waals surface area contributed by atoms with Crippen LogP contribution in [-0.4, -0.2) is 11.6 Å². The van der Waals surface area contributed by atoms with Gasteiger partial charge >= 0.3 is 5.92 Å². The number of rotatable bonds is 6. The van der Waals surface area contributed by atoms with Crippen molar-refractivity contribution in [1.82, 2.24) is 4.98 Å². The molecule has 0 N–H and O–H groups in total. The average Bonchev–Trinajstić information content (AvgIpc) is 3.50. The summed E-state index contributed by atoms with van der Waals surface area (Å²) in [6.45, 7) is -0.828. The maximum Gasteiger partial charge on any atom is 0.324 e. The molecule has 1 saturated heterocycles. The highest BCUT2D eigenvalue weighted by Gasteiger charge is 2.68. The molecule has 2 aromatic carbocycles. The van der Waals surface area contributed by atoms with Gasteiger partial charge in [0.15, 0.2) is 5.60 Å². The van der Waals surface area contributed by atoms with Gasteiger partial charge in [0.05, 0.1) is 6.61 Å². The molecule has 1 aliphatic heterocycles. The number of ether oxygens (including phenoxy) is 2. The smallest absolute Gasteiger partial charge is 0.324 e. The van der Waals surface area contributed by atoms with Crippen molar-refractivity contribution in [2.45, 2.75) is 18.1 Å². The van der Waals surface area contributed by atoms with Crippen LogP contribution >= 0.6 is 0 Å². The maximum atomic E-state index is 15.2. The molecule has 0 amide bonds. The van der Waals surface area contributed by atoms with Crippen LogP contribution in [0.5, 0.6) is 5.75 Å². The minimum atomic E-state index is -3.77. The van der Waals surface area contributed by atoms with Gasteiger partial charge in [-0.15, -0.1) is 0 Å². The lowest BCUT2D eigenvalue weighted by Gasteiger charge is -2.24. The van der Waals surface area contributed by atoms with Gasteiger partial charge in [0.1, 0.15) is 41.3 Å². The lowest BCUT2D eigenvalue weighted by atomic mass is 9.90. The number of hydrogen-bond acceptors (Lipinski definition) is 3. The minimum Gasteiger partial charge on any atom is -0.489 e. The van der Waals surface area contributed by atoms with Gasteiger partial charge < -0.3 is 9.47 Å². The molecule has 156 valence electrons. The van der Waals surface area contributed by atoms with Crippen molar-refractivity contribution < 1.29 is 35.8 Å². The molecule has 1 atom stereocenters. The molecule has 0 radical (unpaired) electrons. The molecular formula is C21H13F6NO2. The zero-order chi connectivity index (χ0) is 21.5. The van der Waals surface area contributed by atoms with Crippen molar-refractivity contribution in [3.63, 3.8) is 0 Å². The Bertz CT molecular complexity index is 1100. The van der Waals surface area contributed by atoms with Gasteiger partial charge in [-0.3, -0.25) is 4.98 Å². The number of nitrogens with zero attached hydrogens (tertiary/aromatic N) is 1. The zero-order valence-electron chi connectivity index (χ0n) is 15.1. The summed E-state index contributed by atoms with van der Waals surface area (Å²) in [6, 6.07) is 7.36. The average molecular weight is 425 g/mol. The molecule has 1 aliphatic rings. The molecule has 1 fully saturated rings. The largest absolute Gasteiger partial charge is 0.489 e. The van der Waals surface area contributed by atoms with E-state index in [1.165, 1.54) is 12.1 Å². The summed E-state index contributed by atoms with van der Waals surface area (Å²) >= 11 is 0. The fourth-order valence-corrected chi connectivity index (χ4v) is 3.07. The van der Waals surface area contributed by atoms with Crippen LogP contribution in [-0.2, 0) is 22.9 Å². The summed E-state index contributed by atoms with van der Waals surface area (Å²) in [4.78, 5) is 3.64. The zero-order valence-corrected chi connectivity index (χ0v) is 15.1. The number of hydrogen-bond donors (Lipinski definition) is 0. The number of aromatic nitrogens is 1. The quantitative estimate of drug-likeness (QED) is 0.401. The second-order valence-corrected chi connectivity index (χ2v) is 6.72. The van der Waals surface area contributed by atoms with E-state index < -0.39 is 52.7 Å². The van der Waals surface area contributed by atoms with E-state index in [-0.39, 0.29) is 17.9 Å². The predicted molar refractivity (Wildman–Crippen MR) is 92.8 cm³/mol. The van der Waals surface area contributed by atoms with Gasteiger partial charge in [-0.2, -0.15) is 8.78 Å². The standard InChI is InChI=1S/C21H13F6NO2/c22-13-2-1-12(17(24)7-13)10-29-15-5-6-28-19(9-15)21(26,27)20(11-30-20)16-4-3-14(23)8-18(16)25/h1-9H,10-11H2. The van der Waals surface area contributed by atoms with Gasteiger partial charge in [-0.1, -0.05) is 0 Å². The monoisotopic (exact) mass is 425 g/mol. The first-order valence-electron chi connectivity index (χ1n) is 8.73. The first-order valence-corrected chi connectivity index (χ1v) is 8.73. The molecule has 3 aromatic rings. The van der Waals surface area contributed by atoms with Crippen molar-refractivity contribution in [3.05, 3.63) is 94.8 Å². The fourth-order valence-electron chi connectivity index (χ4n) is 3.07. The van der Waals surface area contributed by atoms with Crippen LogP contribution in [0.25, 0.3) is 0 Å². The normalized spacial score (nSPS) is 18.3. The lowest BCUT2D eigenvalue weighted by molar-refractivity contribution is -0.0903. The van der Waals surface area contributed by atoms with Crippen molar-refractivity contribution >= 4 is 0 Å².